The van der Waals surface area contributed by atoms with E-state index in [1.54, 1.807) is 29.9 Å². The van der Waals surface area contributed by atoms with Crippen molar-refractivity contribution in [1.29, 1.82) is 5.26 Å². The molecule has 8 nitrogen and oxygen atoms in total. The van der Waals surface area contributed by atoms with Gasteiger partial charge >= 0.3 is 0 Å². The molecule has 0 bridgehead atoms. The van der Waals surface area contributed by atoms with Crippen LogP contribution in [0, 0.1) is 21.4 Å². The molecular weight excluding hydrogens is 370 g/mol. The van der Waals surface area contributed by atoms with Crippen molar-refractivity contribution in [2.24, 2.45) is 0 Å². The number of benzene rings is 2. The second-order valence-electron chi connectivity index (χ2n) is 6.05. The zero-order valence-electron chi connectivity index (χ0n) is 15.6. The van der Waals surface area contributed by atoms with Crippen molar-refractivity contribution >= 4 is 17.7 Å². The molecule has 3 aromatic rings. The Labute approximate surface area is 166 Å². The van der Waals surface area contributed by atoms with E-state index in [9.17, 15) is 20.2 Å². The normalized spacial score (nSPS) is 11.0. The van der Waals surface area contributed by atoms with Crippen LogP contribution in [0.3, 0.4) is 0 Å². The van der Waals surface area contributed by atoms with Crippen LogP contribution in [-0.2, 0) is 4.79 Å². The van der Waals surface area contributed by atoms with Gasteiger partial charge in [0.05, 0.1) is 10.6 Å². The Bertz CT molecular complexity index is 1110. The summed E-state index contributed by atoms with van der Waals surface area (Å²) in [4.78, 5) is 22.6. The van der Waals surface area contributed by atoms with Crippen molar-refractivity contribution in [3.63, 3.8) is 0 Å². The number of nitro benzene ring substituents is 1. The largest absolute Gasteiger partial charge is 0.352 e. The van der Waals surface area contributed by atoms with E-state index in [-0.39, 0.29) is 11.3 Å². The third-order valence-electron chi connectivity index (χ3n) is 4.12. The predicted octanol–water partition coefficient (Wildman–Crippen LogP) is 3.49. The molecule has 8 heteroatoms. The average molecular weight is 387 g/mol. The Kier molecular flexibility index (Phi) is 5.80. The highest BCUT2D eigenvalue weighted by atomic mass is 16.6. The van der Waals surface area contributed by atoms with Gasteiger partial charge in [0.1, 0.15) is 17.3 Å². The molecule has 144 valence electrons. The number of amides is 1. The van der Waals surface area contributed by atoms with Gasteiger partial charge in [0.25, 0.3) is 11.6 Å². The molecule has 1 aromatic heterocycles. The molecule has 0 radical (unpaired) electrons. The van der Waals surface area contributed by atoms with Crippen LogP contribution in [0.2, 0.25) is 0 Å². The monoisotopic (exact) mass is 387 g/mol. The van der Waals surface area contributed by atoms with Crippen molar-refractivity contribution in [3.8, 4) is 23.0 Å². The summed E-state index contributed by atoms with van der Waals surface area (Å²) in [6, 6.07) is 17.2. The molecule has 1 amide bonds. The van der Waals surface area contributed by atoms with E-state index in [0.717, 1.165) is 5.69 Å². The number of para-hydroxylation sites is 1. The Morgan fingerprint density at radius 2 is 1.93 bits per heavy atom. The maximum Gasteiger partial charge on any atom is 0.269 e. The molecule has 0 fully saturated rings. The van der Waals surface area contributed by atoms with Gasteiger partial charge in [-0.15, -0.1) is 0 Å². The number of carbonyl (C=O) groups excluding carboxylic acids is 1. The molecule has 0 aliphatic heterocycles. The van der Waals surface area contributed by atoms with E-state index in [4.69, 9.17) is 0 Å². The number of nitriles is 1. The number of hydrogen-bond acceptors (Lipinski definition) is 5. The fraction of sp³-hybridized carbons (Fsp3) is 0.0952. The Balaban J connectivity index is 2.13. The quantitative estimate of drug-likeness (QED) is 0.301. The van der Waals surface area contributed by atoms with E-state index in [0.29, 0.717) is 23.4 Å². The summed E-state index contributed by atoms with van der Waals surface area (Å²) in [5, 5.41) is 27.5. The summed E-state index contributed by atoms with van der Waals surface area (Å²) in [5.74, 6) is -0.475. The maximum atomic E-state index is 12.1. The zero-order chi connectivity index (χ0) is 20.8. The smallest absolute Gasteiger partial charge is 0.269 e. The van der Waals surface area contributed by atoms with Crippen molar-refractivity contribution in [2.75, 3.05) is 6.54 Å². The van der Waals surface area contributed by atoms with E-state index in [2.05, 4.69) is 10.4 Å². The van der Waals surface area contributed by atoms with Crippen LogP contribution in [0.4, 0.5) is 5.69 Å². The van der Waals surface area contributed by atoms with Crippen LogP contribution in [0.25, 0.3) is 23.0 Å². The molecule has 0 saturated carbocycles. The van der Waals surface area contributed by atoms with Crippen LogP contribution < -0.4 is 5.32 Å². The number of nitrogens with zero attached hydrogens (tertiary/aromatic N) is 4. The van der Waals surface area contributed by atoms with Crippen molar-refractivity contribution in [3.05, 3.63) is 82.0 Å². The zero-order valence-corrected chi connectivity index (χ0v) is 15.6. The van der Waals surface area contributed by atoms with Gasteiger partial charge in [0.15, 0.2) is 0 Å². The van der Waals surface area contributed by atoms with Gasteiger partial charge in [-0.25, -0.2) is 4.68 Å². The molecule has 3 rings (SSSR count). The summed E-state index contributed by atoms with van der Waals surface area (Å²) in [7, 11) is 0. The van der Waals surface area contributed by atoms with Crippen LogP contribution >= 0.6 is 0 Å². The van der Waals surface area contributed by atoms with Crippen LogP contribution in [-0.4, -0.2) is 27.2 Å². The molecule has 0 aliphatic rings. The first-order valence-corrected chi connectivity index (χ1v) is 8.83. The van der Waals surface area contributed by atoms with Crippen molar-refractivity contribution in [1.82, 2.24) is 15.1 Å². The number of rotatable bonds is 6. The molecule has 2 aromatic carbocycles. The van der Waals surface area contributed by atoms with Gasteiger partial charge in [0, 0.05) is 36.0 Å². The molecule has 29 heavy (non-hydrogen) atoms. The Morgan fingerprint density at radius 3 is 2.52 bits per heavy atom. The second kappa shape index (κ2) is 8.63. The lowest BCUT2D eigenvalue weighted by Gasteiger charge is -2.01. The van der Waals surface area contributed by atoms with E-state index in [1.807, 2.05) is 36.4 Å². The SMILES string of the molecule is CCNC(=O)C(C#N)=Cc1cn(-c2ccccc2)nc1-c1ccc([N+](=O)[O-])cc1. The summed E-state index contributed by atoms with van der Waals surface area (Å²) in [6.45, 7) is 2.17. The van der Waals surface area contributed by atoms with E-state index >= 15 is 0 Å². The lowest BCUT2D eigenvalue weighted by atomic mass is 10.1. The number of likely N-dealkylation sites (N-methyl/N-ethyl adjacent to an activating group) is 1. The number of aromatic nitrogens is 2. The minimum Gasteiger partial charge on any atom is -0.352 e. The van der Waals surface area contributed by atoms with Gasteiger partial charge in [-0.2, -0.15) is 10.4 Å². The first-order valence-electron chi connectivity index (χ1n) is 8.83. The molecular formula is C21H17N5O3. The third kappa shape index (κ3) is 4.36. The number of non-ortho nitro benzene ring substituents is 1. The maximum absolute atomic E-state index is 12.1. The fourth-order valence-electron chi connectivity index (χ4n) is 2.73. The highest BCUT2D eigenvalue weighted by Gasteiger charge is 2.15. The number of carbonyl (C=O) groups is 1. The van der Waals surface area contributed by atoms with E-state index in [1.165, 1.54) is 18.2 Å². The summed E-state index contributed by atoms with van der Waals surface area (Å²) >= 11 is 0. The molecule has 0 unspecified atom stereocenters. The number of nitro groups is 1. The molecule has 0 saturated heterocycles. The molecule has 0 spiro atoms. The van der Waals surface area contributed by atoms with Crippen LogP contribution in [0.5, 0.6) is 0 Å². The first kappa shape index (κ1) is 19.5. The van der Waals surface area contributed by atoms with E-state index < -0.39 is 10.8 Å². The van der Waals surface area contributed by atoms with Crippen molar-refractivity contribution < 1.29 is 9.72 Å². The highest BCUT2D eigenvalue weighted by molar-refractivity contribution is 6.02. The summed E-state index contributed by atoms with van der Waals surface area (Å²) in [6.07, 6.45) is 3.18. The van der Waals surface area contributed by atoms with Gasteiger partial charge in [-0.1, -0.05) is 18.2 Å². The molecule has 1 heterocycles. The second-order valence-corrected chi connectivity index (χ2v) is 6.05. The van der Waals surface area contributed by atoms with Gasteiger partial charge in [-0.3, -0.25) is 14.9 Å². The topological polar surface area (TPSA) is 114 Å². The van der Waals surface area contributed by atoms with Crippen LogP contribution in [0.15, 0.2) is 66.4 Å². The molecule has 0 aliphatic carbocycles. The Morgan fingerprint density at radius 1 is 1.24 bits per heavy atom. The van der Waals surface area contributed by atoms with Gasteiger partial charge < -0.3 is 5.32 Å². The minimum absolute atomic E-state index is 0.0339. The predicted molar refractivity (Wildman–Crippen MR) is 108 cm³/mol. The average Bonchev–Trinajstić information content (AvgIpc) is 3.16. The molecule has 0 atom stereocenters. The highest BCUT2D eigenvalue weighted by Crippen LogP contribution is 2.27. The summed E-state index contributed by atoms with van der Waals surface area (Å²) in [5.41, 5.74) is 2.39. The third-order valence-corrected chi connectivity index (χ3v) is 4.12. The molecule has 1 N–H and O–H groups in total. The lowest BCUT2D eigenvalue weighted by Crippen LogP contribution is -2.23. The standard InChI is InChI=1S/C21H17N5O3/c1-2-23-21(27)16(13-22)12-17-14-25(18-6-4-3-5-7-18)24-20(17)15-8-10-19(11-9-15)26(28)29/h3-12,14H,2H2,1H3,(H,23,27). The Hall–Kier alpha value is -4.25. The fourth-order valence-corrected chi connectivity index (χ4v) is 2.73. The van der Waals surface area contributed by atoms with Crippen LogP contribution in [0.1, 0.15) is 12.5 Å². The number of nitrogens with one attached hydrogen (secondary N) is 1. The lowest BCUT2D eigenvalue weighted by molar-refractivity contribution is -0.384. The minimum atomic E-state index is -0.476. The van der Waals surface area contributed by atoms with Gasteiger partial charge in [-0.05, 0) is 37.3 Å². The number of hydrogen-bond donors (Lipinski definition) is 1. The van der Waals surface area contributed by atoms with Gasteiger partial charge in [0.2, 0.25) is 0 Å². The summed E-state index contributed by atoms with van der Waals surface area (Å²) < 4.78 is 1.63. The first-order chi connectivity index (χ1) is 14.0. The van der Waals surface area contributed by atoms with Crippen molar-refractivity contribution in [2.45, 2.75) is 6.92 Å².